The fourth-order valence-corrected chi connectivity index (χ4v) is 2.27. The van der Waals surface area contributed by atoms with Crippen molar-refractivity contribution in [2.24, 2.45) is 16.8 Å². The molecule has 0 aromatic heterocycles. The normalized spacial score (nSPS) is 22.7. The van der Waals surface area contributed by atoms with Crippen LogP contribution in [0.15, 0.2) is 17.1 Å². The highest BCUT2D eigenvalue weighted by Crippen LogP contribution is 2.25. The van der Waals surface area contributed by atoms with Gasteiger partial charge >= 0.3 is 0 Å². The molecule has 0 fully saturated rings. The minimum atomic E-state index is 0.0932. The third-order valence-electron chi connectivity index (χ3n) is 3.34. The number of rotatable bonds is 7. The summed E-state index contributed by atoms with van der Waals surface area (Å²) in [5.41, 5.74) is 0. The summed E-state index contributed by atoms with van der Waals surface area (Å²) in [6.45, 7) is 3.61. The predicted molar refractivity (Wildman–Crippen MR) is 71.1 cm³/mol. The monoisotopic (exact) mass is 237 g/mol. The number of allylic oxidation sites excluding steroid dienone is 2. The molecule has 0 radical (unpaired) electrons. The van der Waals surface area contributed by atoms with E-state index in [1.54, 1.807) is 0 Å². The van der Waals surface area contributed by atoms with Crippen molar-refractivity contribution >= 4 is 5.90 Å². The van der Waals surface area contributed by atoms with Crippen LogP contribution in [0.1, 0.15) is 39.0 Å². The molecule has 0 amide bonds. The van der Waals surface area contributed by atoms with Gasteiger partial charge in [-0.3, -0.25) is 0 Å². The first-order valence-electron chi connectivity index (χ1n) is 6.75. The Kier molecular flexibility index (Phi) is 6.94. The van der Waals surface area contributed by atoms with Crippen molar-refractivity contribution in [2.75, 3.05) is 20.1 Å². The molecule has 0 aromatic rings. The molecule has 0 aliphatic heterocycles. The maximum absolute atomic E-state index is 11.8. The maximum Gasteiger partial charge on any atom is 0.0390 e. The van der Waals surface area contributed by atoms with E-state index in [1.807, 2.05) is 14.0 Å². The van der Waals surface area contributed by atoms with E-state index in [0.29, 0.717) is 12.5 Å². The second-order valence-electron chi connectivity index (χ2n) is 4.96. The smallest absolute Gasteiger partial charge is 0.0390 e. The molecule has 0 saturated carbocycles. The van der Waals surface area contributed by atoms with E-state index in [9.17, 15) is 5.11 Å². The fraction of sp³-hybridized carbons (Fsp3) is 0.786. The van der Waals surface area contributed by atoms with E-state index in [4.69, 9.17) is 0 Å². The lowest BCUT2D eigenvalue weighted by Gasteiger charge is -2.25. The van der Waals surface area contributed by atoms with E-state index in [2.05, 4.69) is 22.5 Å². The first kappa shape index (κ1) is 14.2. The van der Waals surface area contributed by atoms with Crippen LogP contribution in [0.5, 0.6) is 0 Å². The second-order valence-corrected chi connectivity index (χ2v) is 4.96. The van der Waals surface area contributed by atoms with Crippen molar-refractivity contribution in [3.05, 3.63) is 12.2 Å². The van der Waals surface area contributed by atoms with Crippen LogP contribution >= 0.6 is 0 Å². The molecule has 2 atom stereocenters. The molecule has 0 saturated heterocycles. The molecule has 17 heavy (non-hydrogen) atoms. The van der Waals surface area contributed by atoms with Crippen LogP contribution in [-0.2, 0) is 0 Å². The lowest BCUT2D eigenvalue weighted by molar-refractivity contribution is -0.224. The van der Waals surface area contributed by atoms with Crippen LogP contribution in [0.4, 0.5) is 0 Å². The van der Waals surface area contributed by atoms with Gasteiger partial charge in [0.15, 0.2) is 0 Å². The molecule has 1 N–H and O–H groups in total. The Hall–Kier alpha value is -0.830. The van der Waals surface area contributed by atoms with E-state index >= 15 is 0 Å². The minimum absolute atomic E-state index is 0.0932. The van der Waals surface area contributed by atoms with Gasteiger partial charge in [-0.25, -0.2) is 0 Å². The summed E-state index contributed by atoms with van der Waals surface area (Å²) in [6, 6.07) is 0. The molecule has 2 unspecified atom stereocenters. The Morgan fingerprint density at radius 3 is 3.00 bits per heavy atom. The molecule has 3 nitrogen and oxygen atoms in total. The van der Waals surface area contributed by atoms with Crippen molar-refractivity contribution in [1.29, 1.82) is 0 Å². The van der Waals surface area contributed by atoms with E-state index in [0.717, 1.165) is 25.8 Å². The Morgan fingerprint density at radius 2 is 2.35 bits per heavy atom. The SMILES string of the molecule is CNCCCN=C([O-])C(C)CC1CC=CCC1. The van der Waals surface area contributed by atoms with E-state index in [1.165, 1.54) is 12.8 Å². The molecule has 98 valence electrons. The summed E-state index contributed by atoms with van der Waals surface area (Å²) in [5.74, 6) is 0.878. The van der Waals surface area contributed by atoms with Crippen LogP contribution in [0, 0.1) is 11.8 Å². The molecule has 0 bridgehead atoms. The van der Waals surface area contributed by atoms with Gasteiger partial charge in [0.1, 0.15) is 0 Å². The zero-order valence-electron chi connectivity index (χ0n) is 11.1. The van der Waals surface area contributed by atoms with Gasteiger partial charge in [-0.05, 0) is 63.4 Å². The fourth-order valence-electron chi connectivity index (χ4n) is 2.27. The summed E-state index contributed by atoms with van der Waals surface area (Å²) in [4.78, 5) is 4.13. The van der Waals surface area contributed by atoms with Gasteiger partial charge in [-0.2, -0.15) is 0 Å². The summed E-state index contributed by atoms with van der Waals surface area (Å²) in [7, 11) is 1.92. The van der Waals surface area contributed by atoms with Gasteiger partial charge in [0, 0.05) is 6.54 Å². The van der Waals surface area contributed by atoms with Crippen LogP contribution in [0.25, 0.3) is 0 Å². The quantitative estimate of drug-likeness (QED) is 0.317. The van der Waals surface area contributed by atoms with Gasteiger partial charge < -0.3 is 15.4 Å². The molecule has 0 spiro atoms. The zero-order chi connectivity index (χ0) is 12.5. The van der Waals surface area contributed by atoms with Gasteiger partial charge in [-0.15, -0.1) is 0 Å². The third-order valence-corrected chi connectivity index (χ3v) is 3.34. The van der Waals surface area contributed by atoms with Crippen molar-refractivity contribution in [2.45, 2.75) is 39.0 Å². The van der Waals surface area contributed by atoms with Gasteiger partial charge in [0.25, 0.3) is 0 Å². The Bertz CT molecular complexity index is 261. The highest BCUT2D eigenvalue weighted by molar-refractivity contribution is 5.73. The first-order valence-corrected chi connectivity index (χ1v) is 6.75. The van der Waals surface area contributed by atoms with Crippen LogP contribution in [-0.4, -0.2) is 26.0 Å². The molecular weight excluding hydrogens is 212 g/mol. The standard InChI is InChI=1S/C14H26N2O/c1-12(11-13-7-4-3-5-8-13)14(17)16-10-6-9-15-2/h3-4,12-13,15H,5-11H2,1-2H3,(H,16,17)/p-1. The summed E-state index contributed by atoms with van der Waals surface area (Å²) >= 11 is 0. The largest absolute Gasteiger partial charge is 0.862 e. The molecular formula is C14H25N2O-. The molecule has 0 heterocycles. The third kappa shape index (κ3) is 5.87. The summed E-state index contributed by atoms with van der Waals surface area (Å²) < 4.78 is 0. The van der Waals surface area contributed by atoms with Crippen molar-refractivity contribution in [3.63, 3.8) is 0 Å². The highest BCUT2D eigenvalue weighted by atomic mass is 16.3. The molecule has 1 aliphatic carbocycles. The van der Waals surface area contributed by atoms with E-state index in [-0.39, 0.29) is 11.8 Å². The average molecular weight is 237 g/mol. The maximum atomic E-state index is 11.8. The van der Waals surface area contributed by atoms with Gasteiger partial charge in [-0.1, -0.05) is 19.1 Å². The molecule has 0 aromatic carbocycles. The lowest BCUT2D eigenvalue weighted by atomic mass is 9.86. The first-order chi connectivity index (χ1) is 8.24. The lowest BCUT2D eigenvalue weighted by Crippen LogP contribution is -2.28. The van der Waals surface area contributed by atoms with Gasteiger partial charge in [0.05, 0.1) is 0 Å². The Morgan fingerprint density at radius 1 is 1.53 bits per heavy atom. The number of hydrogen-bond acceptors (Lipinski definition) is 3. The Labute approximate surface area is 105 Å². The average Bonchev–Trinajstić information content (AvgIpc) is 2.35. The molecule has 1 aliphatic rings. The van der Waals surface area contributed by atoms with Crippen molar-refractivity contribution in [1.82, 2.24) is 5.32 Å². The Balaban J connectivity index is 2.25. The topological polar surface area (TPSA) is 47.5 Å². The van der Waals surface area contributed by atoms with Crippen LogP contribution in [0.3, 0.4) is 0 Å². The van der Waals surface area contributed by atoms with Crippen molar-refractivity contribution in [3.8, 4) is 0 Å². The minimum Gasteiger partial charge on any atom is -0.862 e. The number of nitrogens with one attached hydrogen (secondary N) is 1. The van der Waals surface area contributed by atoms with Crippen molar-refractivity contribution < 1.29 is 5.11 Å². The highest BCUT2D eigenvalue weighted by Gasteiger charge is 2.13. The summed E-state index contributed by atoms with van der Waals surface area (Å²) in [5, 5.41) is 14.8. The predicted octanol–water partition coefficient (Wildman–Crippen LogP) is 1.74. The van der Waals surface area contributed by atoms with Gasteiger partial charge in [0.2, 0.25) is 0 Å². The summed E-state index contributed by atoms with van der Waals surface area (Å²) in [6.07, 6.45) is 9.97. The number of nitrogens with zero attached hydrogens (tertiary/aromatic N) is 1. The van der Waals surface area contributed by atoms with Crippen LogP contribution < -0.4 is 10.4 Å². The number of hydrogen-bond donors (Lipinski definition) is 1. The zero-order valence-corrected chi connectivity index (χ0v) is 11.1. The molecule has 1 rings (SSSR count). The van der Waals surface area contributed by atoms with Crippen LogP contribution in [0.2, 0.25) is 0 Å². The second kappa shape index (κ2) is 8.29. The number of aliphatic imine (C=N–C) groups is 1. The molecule has 3 heteroatoms. The van der Waals surface area contributed by atoms with E-state index < -0.39 is 0 Å².